The fraction of sp³-hybridized carbons (Fsp3) is 0.200. The van der Waals surface area contributed by atoms with Gasteiger partial charge in [0.15, 0.2) is 4.93 Å². The monoisotopic (exact) mass is 292 g/mol. The Balaban J connectivity index is 2.54. The van der Waals surface area contributed by atoms with Crippen molar-refractivity contribution < 1.29 is 18.3 Å². The van der Waals surface area contributed by atoms with E-state index in [4.69, 9.17) is 4.74 Å². The molecule has 0 spiro atoms. The molecule has 2 aromatic carbocycles. The zero-order valence-corrected chi connectivity index (χ0v) is 12.1. The summed E-state index contributed by atoms with van der Waals surface area (Å²) in [5.74, 6) is 0.492. The second kappa shape index (κ2) is 5.26. The van der Waals surface area contributed by atoms with Crippen LogP contribution in [0.2, 0.25) is 0 Å². The molecule has 0 saturated heterocycles. The molecule has 5 heteroatoms. The maximum absolute atomic E-state index is 12.6. The first-order valence-corrected chi connectivity index (χ1v) is 7.54. The number of methoxy groups -OCH3 is 1. The Kier molecular flexibility index (Phi) is 3.83. The van der Waals surface area contributed by atoms with Crippen LogP contribution in [-0.2, 0) is 14.8 Å². The van der Waals surface area contributed by atoms with Crippen LogP contribution in [0.1, 0.15) is 12.5 Å². The van der Waals surface area contributed by atoms with Crippen molar-refractivity contribution in [3.05, 3.63) is 60.2 Å². The Bertz CT molecular complexity index is 691. The number of hydrogen-bond acceptors (Lipinski definition) is 4. The van der Waals surface area contributed by atoms with Gasteiger partial charge in [-0.25, -0.2) is 8.42 Å². The largest absolute Gasteiger partial charge is 0.497 e. The van der Waals surface area contributed by atoms with Crippen molar-refractivity contribution in [2.45, 2.75) is 16.8 Å². The summed E-state index contributed by atoms with van der Waals surface area (Å²) >= 11 is 0. The third kappa shape index (κ3) is 2.42. The van der Waals surface area contributed by atoms with Gasteiger partial charge in [-0.1, -0.05) is 30.3 Å². The summed E-state index contributed by atoms with van der Waals surface area (Å²) < 4.78 is 30.2. The second-order valence-corrected chi connectivity index (χ2v) is 6.80. The van der Waals surface area contributed by atoms with Crippen molar-refractivity contribution in [1.82, 2.24) is 0 Å². The molecule has 0 fully saturated rings. The van der Waals surface area contributed by atoms with Crippen LogP contribution in [-0.4, -0.2) is 20.6 Å². The van der Waals surface area contributed by atoms with Crippen LogP contribution in [0.3, 0.4) is 0 Å². The van der Waals surface area contributed by atoms with Gasteiger partial charge in [0, 0.05) is 5.56 Å². The van der Waals surface area contributed by atoms with Gasteiger partial charge in [-0.15, -0.1) is 0 Å². The van der Waals surface area contributed by atoms with Crippen LogP contribution in [0.25, 0.3) is 0 Å². The third-order valence-electron chi connectivity index (χ3n) is 3.18. The highest BCUT2D eigenvalue weighted by molar-refractivity contribution is 7.92. The maximum Gasteiger partial charge on any atom is 0.211 e. The zero-order chi connectivity index (χ0) is 14.8. The molecule has 20 heavy (non-hydrogen) atoms. The highest BCUT2D eigenvalue weighted by atomic mass is 32.2. The highest BCUT2D eigenvalue weighted by Gasteiger charge is 2.40. The van der Waals surface area contributed by atoms with Crippen LogP contribution in [0.4, 0.5) is 0 Å². The minimum absolute atomic E-state index is 0.0767. The van der Waals surface area contributed by atoms with Gasteiger partial charge < -0.3 is 9.84 Å². The molecule has 0 amide bonds. The fourth-order valence-corrected chi connectivity index (χ4v) is 3.31. The van der Waals surface area contributed by atoms with Crippen molar-refractivity contribution in [2.24, 2.45) is 0 Å². The summed E-state index contributed by atoms with van der Waals surface area (Å²) in [5.41, 5.74) is 0.265. The molecule has 0 aliphatic heterocycles. The molecule has 106 valence electrons. The number of aliphatic hydroxyl groups is 1. The lowest BCUT2D eigenvalue weighted by atomic mass is 10.1. The maximum atomic E-state index is 12.6. The van der Waals surface area contributed by atoms with E-state index in [1.54, 1.807) is 36.4 Å². The quantitative estimate of drug-likeness (QED) is 0.939. The SMILES string of the molecule is COc1cccc(C(C)(O)S(=O)(=O)c2ccccc2)c1. The first kappa shape index (κ1) is 14.6. The zero-order valence-electron chi connectivity index (χ0n) is 11.3. The van der Waals surface area contributed by atoms with Crippen molar-refractivity contribution in [3.63, 3.8) is 0 Å². The normalized spacial score (nSPS) is 14.6. The summed E-state index contributed by atoms with van der Waals surface area (Å²) in [6, 6.07) is 14.3. The van der Waals surface area contributed by atoms with Crippen LogP contribution < -0.4 is 4.74 Å². The summed E-state index contributed by atoms with van der Waals surface area (Å²) in [7, 11) is -2.43. The van der Waals surface area contributed by atoms with Crippen molar-refractivity contribution in [3.8, 4) is 5.75 Å². The standard InChI is InChI=1S/C15H16O4S/c1-15(16,12-7-6-8-13(11-12)19-2)20(17,18)14-9-4-3-5-10-14/h3-11,16H,1-2H3. The minimum atomic E-state index is -3.92. The summed E-state index contributed by atoms with van der Waals surface area (Å²) in [4.78, 5) is -1.95. The Hall–Kier alpha value is -1.85. The van der Waals surface area contributed by atoms with Crippen LogP contribution in [0, 0.1) is 0 Å². The molecule has 2 aromatic rings. The molecule has 0 aliphatic carbocycles. The van der Waals surface area contributed by atoms with E-state index in [-0.39, 0.29) is 10.5 Å². The van der Waals surface area contributed by atoms with Gasteiger partial charge in [-0.2, -0.15) is 0 Å². The fourth-order valence-electron chi connectivity index (χ4n) is 1.90. The molecular weight excluding hydrogens is 276 g/mol. The second-order valence-electron chi connectivity index (χ2n) is 4.53. The predicted molar refractivity (Wildman–Crippen MR) is 76.2 cm³/mol. The summed E-state index contributed by atoms with van der Waals surface area (Å²) in [5, 5.41) is 10.5. The van der Waals surface area contributed by atoms with Gasteiger partial charge in [0.05, 0.1) is 12.0 Å². The van der Waals surface area contributed by atoms with Crippen molar-refractivity contribution in [2.75, 3.05) is 7.11 Å². The van der Waals surface area contributed by atoms with E-state index in [2.05, 4.69) is 0 Å². The molecule has 0 radical (unpaired) electrons. The number of hydrogen-bond donors (Lipinski definition) is 1. The molecule has 1 atom stereocenters. The molecule has 0 saturated carbocycles. The van der Waals surface area contributed by atoms with Gasteiger partial charge >= 0.3 is 0 Å². The van der Waals surface area contributed by atoms with E-state index in [1.807, 2.05) is 0 Å². The molecule has 0 heterocycles. The Labute approximate surface area is 118 Å². The van der Waals surface area contributed by atoms with Crippen LogP contribution in [0.5, 0.6) is 5.75 Å². The molecule has 1 unspecified atom stereocenters. The van der Waals surface area contributed by atoms with Gasteiger partial charge in [0.1, 0.15) is 5.75 Å². The van der Waals surface area contributed by atoms with E-state index < -0.39 is 14.8 Å². The van der Waals surface area contributed by atoms with Gasteiger partial charge in [0.2, 0.25) is 9.84 Å². The average Bonchev–Trinajstić information content (AvgIpc) is 2.48. The van der Waals surface area contributed by atoms with Crippen LogP contribution in [0.15, 0.2) is 59.5 Å². The number of benzene rings is 2. The van der Waals surface area contributed by atoms with Crippen molar-refractivity contribution >= 4 is 9.84 Å². The highest BCUT2D eigenvalue weighted by Crippen LogP contribution is 2.34. The molecule has 0 bridgehead atoms. The number of sulfone groups is 1. The molecule has 2 rings (SSSR count). The van der Waals surface area contributed by atoms with E-state index in [9.17, 15) is 13.5 Å². The van der Waals surface area contributed by atoms with Gasteiger partial charge in [-0.3, -0.25) is 0 Å². The lowest BCUT2D eigenvalue weighted by Gasteiger charge is -2.24. The lowest BCUT2D eigenvalue weighted by molar-refractivity contribution is 0.144. The number of rotatable bonds is 4. The van der Waals surface area contributed by atoms with E-state index in [0.29, 0.717) is 5.75 Å². The minimum Gasteiger partial charge on any atom is -0.497 e. The first-order chi connectivity index (χ1) is 9.39. The topological polar surface area (TPSA) is 63.6 Å². The Morgan fingerprint density at radius 1 is 1.05 bits per heavy atom. The van der Waals surface area contributed by atoms with E-state index >= 15 is 0 Å². The molecule has 4 nitrogen and oxygen atoms in total. The Morgan fingerprint density at radius 3 is 2.30 bits per heavy atom. The molecule has 0 aliphatic rings. The summed E-state index contributed by atoms with van der Waals surface area (Å²) in [6.07, 6.45) is 0. The first-order valence-electron chi connectivity index (χ1n) is 6.06. The lowest BCUT2D eigenvalue weighted by Crippen LogP contribution is -2.32. The number of ether oxygens (including phenoxy) is 1. The van der Waals surface area contributed by atoms with Gasteiger partial charge in [-0.05, 0) is 31.2 Å². The predicted octanol–water partition coefficient (Wildman–Crippen LogP) is 2.33. The van der Waals surface area contributed by atoms with E-state index in [0.717, 1.165) is 0 Å². The average molecular weight is 292 g/mol. The molecular formula is C15H16O4S. The van der Waals surface area contributed by atoms with Gasteiger partial charge in [0.25, 0.3) is 0 Å². The Morgan fingerprint density at radius 2 is 1.70 bits per heavy atom. The van der Waals surface area contributed by atoms with Crippen molar-refractivity contribution in [1.29, 1.82) is 0 Å². The van der Waals surface area contributed by atoms with E-state index in [1.165, 1.54) is 32.2 Å². The summed E-state index contributed by atoms with van der Waals surface area (Å²) in [6.45, 7) is 1.27. The molecule has 1 N–H and O–H groups in total. The smallest absolute Gasteiger partial charge is 0.211 e. The molecule has 0 aromatic heterocycles. The van der Waals surface area contributed by atoms with Crippen LogP contribution >= 0.6 is 0 Å². The third-order valence-corrected chi connectivity index (χ3v) is 5.36.